The van der Waals surface area contributed by atoms with Gasteiger partial charge in [0.1, 0.15) is 0 Å². The van der Waals surface area contributed by atoms with E-state index in [1.54, 1.807) is 0 Å². The van der Waals surface area contributed by atoms with E-state index >= 15 is 0 Å². The number of hydrogen-bond acceptors (Lipinski definition) is 0. The van der Waals surface area contributed by atoms with Crippen molar-refractivity contribution in [2.75, 3.05) is 0 Å². The summed E-state index contributed by atoms with van der Waals surface area (Å²) in [6.07, 6.45) is 10.3. The average Bonchev–Trinajstić information content (AvgIpc) is 2.30. The summed E-state index contributed by atoms with van der Waals surface area (Å²) < 4.78 is 0. The van der Waals surface area contributed by atoms with Crippen molar-refractivity contribution in [2.24, 2.45) is 29.6 Å². The Balaban J connectivity index is 2.66. The van der Waals surface area contributed by atoms with Crippen LogP contribution in [-0.2, 0) is 0 Å². The van der Waals surface area contributed by atoms with Crippen LogP contribution >= 0.6 is 0 Å². The van der Waals surface area contributed by atoms with E-state index in [1.807, 2.05) is 0 Å². The number of rotatable bonds is 2. The molecule has 4 atom stereocenters. The van der Waals surface area contributed by atoms with E-state index in [4.69, 9.17) is 0 Å². The maximum Gasteiger partial charge on any atom is -0.0358 e. The van der Waals surface area contributed by atoms with Crippen molar-refractivity contribution in [2.45, 2.75) is 79.6 Å². The summed E-state index contributed by atoms with van der Waals surface area (Å²) in [6, 6.07) is 0. The molecule has 0 heterocycles. The molecule has 0 radical (unpaired) electrons. The minimum atomic E-state index is 0.845. The molecule has 17 heavy (non-hydrogen) atoms. The molecule has 1 rings (SSSR count). The van der Waals surface area contributed by atoms with Gasteiger partial charge in [-0.25, -0.2) is 0 Å². The van der Waals surface area contributed by atoms with E-state index in [-0.39, 0.29) is 0 Å². The minimum absolute atomic E-state index is 0.845. The summed E-state index contributed by atoms with van der Waals surface area (Å²) in [5, 5.41) is 0. The quantitative estimate of drug-likeness (QED) is 0.561. The predicted molar refractivity (Wildman–Crippen MR) is 78.1 cm³/mol. The molecule has 0 spiro atoms. The Morgan fingerprint density at radius 2 is 1.29 bits per heavy atom. The standard InChI is InChI=1S/C17H34/c1-13(2)15(4)17-12-10-8-6-7-9-11-14(3)16(17)5/h13-17H,6-12H2,1-5H3. The fraction of sp³-hybridized carbons (Fsp3) is 1.00. The summed E-state index contributed by atoms with van der Waals surface area (Å²) in [7, 11) is 0. The monoisotopic (exact) mass is 238 g/mol. The molecule has 0 aliphatic heterocycles. The molecule has 4 unspecified atom stereocenters. The topological polar surface area (TPSA) is 0 Å². The zero-order valence-corrected chi connectivity index (χ0v) is 12.8. The van der Waals surface area contributed by atoms with Gasteiger partial charge >= 0.3 is 0 Å². The Morgan fingerprint density at radius 1 is 0.765 bits per heavy atom. The molecular formula is C17H34. The molecule has 0 aromatic rings. The van der Waals surface area contributed by atoms with Gasteiger partial charge in [-0.15, -0.1) is 0 Å². The maximum atomic E-state index is 2.52. The summed E-state index contributed by atoms with van der Waals surface area (Å²) in [5.74, 6) is 4.55. The lowest BCUT2D eigenvalue weighted by molar-refractivity contribution is 0.136. The Hall–Kier alpha value is 0. The Kier molecular flexibility index (Phi) is 6.59. The summed E-state index contributed by atoms with van der Waals surface area (Å²) in [4.78, 5) is 0. The van der Waals surface area contributed by atoms with Crippen molar-refractivity contribution in [1.29, 1.82) is 0 Å². The molecule has 102 valence electrons. The van der Waals surface area contributed by atoms with Crippen LogP contribution in [0.25, 0.3) is 0 Å². The van der Waals surface area contributed by atoms with Gasteiger partial charge in [-0.3, -0.25) is 0 Å². The third kappa shape index (κ3) is 4.64. The average molecular weight is 238 g/mol. The van der Waals surface area contributed by atoms with Crippen LogP contribution in [-0.4, -0.2) is 0 Å². The predicted octanol–water partition coefficient (Wildman–Crippen LogP) is 5.91. The Labute approximate surface area is 110 Å². The normalized spacial score (nSPS) is 34.6. The first kappa shape index (κ1) is 15.1. The molecule has 0 aromatic carbocycles. The Bertz CT molecular complexity index is 194. The fourth-order valence-electron chi connectivity index (χ4n) is 3.56. The van der Waals surface area contributed by atoms with Crippen LogP contribution in [0.3, 0.4) is 0 Å². The maximum absolute atomic E-state index is 2.52. The molecule has 0 nitrogen and oxygen atoms in total. The van der Waals surface area contributed by atoms with Crippen molar-refractivity contribution in [1.82, 2.24) is 0 Å². The molecule has 1 saturated carbocycles. The molecule has 0 bridgehead atoms. The van der Waals surface area contributed by atoms with Crippen LogP contribution in [0.2, 0.25) is 0 Å². The molecule has 0 heteroatoms. The van der Waals surface area contributed by atoms with Crippen LogP contribution in [0, 0.1) is 29.6 Å². The Morgan fingerprint density at radius 3 is 1.88 bits per heavy atom. The lowest BCUT2D eigenvalue weighted by atomic mass is 9.70. The van der Waals surface area contributed by atoms with Gasteiger partial charge in [0, 0.05) is 0 Å². The van der Waals surface area contributed by atoms with Crippen LogP contribution < -0.4 is 0 Å². The molecule has 1 fully saturated rings. The third-order valence-corrected chi connectivity index (χ3v) is 5.50. The largest absolute Gasteiger partial charge is 0.0625 e. The second kappa shape index (κ2) is 7.44. The number of hydrogen-bond donors (Lipinski definition) is 0. The second-order valence-electron chi connectivity index (χ2n) is 6.95. The first-order valence-electron chi connectivity index (χ1n) is 8.04. The zero-order valence-electron chi connectivity index (χ0n) is 12.8. The molecule has 1 aliphatic rings. The summed E-state index contributed by atoms with van der Waals surface area (Å²) in [5.41, 5.74) is 0. The van der Waals surface area contributed by atoms with E-state index < -0.39 is 0 Å². The molecule has 1 aliphatic carbocycles. The third-order valence-electron chi connectivity index (χ3n) is 5.50. The van der Waals surface area contributed by atoms with Gasteiger partial charge in [0.15, 0.2) is 0 Å². The zero-order chi connectivity index (χ0) is 12.8. The second-order valence-corrected chi connectivity index (χ2v) is 6.95. The van der Waals surface area contributed by atoms with Crippen molar-refractivity contribution in [3.05, 3.63) is 0 Å². The molecule has 0 amide bonds. The van der Waals surface area contributed by atoms with E-state index in [9.17, 15) is 0 Å². The highest BCUT2D eigenvalue weighted by molar-refractivity contribution is 4.78. The van der Waals surface area contributed by atoms with Crippen molar-refractivity contribution in [3.63, 3.8) is 0 Å². The van der Waals surface area contributed by atoms with Gasteiger partial charge in [0.05, 0.1) is 0 Å². The van der Waals surface area contributed by atoms with E-state index in [1.165, 1.54) is 44.9 Å². The lowest BCUT2D eigenvalue weighted by Gasteiger charge is -2.36. The van der Waals surface area contributed by atoms with Gasteiger partial charge in [-0.2, -0.15) is 0 Å². The van der Waals surface area contributed by atoms with Crippen molar-refractivity contribution >= 4 is 0 Å². The highest BCUT2D eigenvalue weighted by Gasteiger charge is 2.28. The van der Waals surface area contributed by atoms with Gasteiger partial charge in [-0.1, -0.05) is 73.1 Å². The van der Waals surface area contributed by atoms with Gasteiger partial charge < -0.3 is 0 Å². The molecular weight excluding hydrogens is 204 g/mol. The van der Waals surface area contributed by atoms with Crippen molar-refractivity contribution in [3.8, 4) is 0 Å². The van der Waals surface area contributed by atoms with Crippen LogP contribution in [0.1, 0.15) is 79.6 Å². The van der Waals surface area contributed by atoms with E-state index in [2.05, 4.69) is 34.6 Å². The van der Waals surface area contributed by atoms with Crippen LogP contribution in [0.15, 0.2) is 0 Å². The van der Waals surface area contributed by atoms with E-state index in [0.29, 0.717) is 0 Å². The minimum Gasteiger partial charge on any atom is -0.0625 e. The highest BCUT2D eigenvalue weighted by Crippen LogP contribution is 2.37. The van der Waals surface area contributed by atoms with E-state index in [0.717, 1.165) is 29.6 Å². The van der Waals surface area contributed by atoms with Gasteiger partial charge in [0.25, 0.3) is 0 Å². The molecule has 0 saturated heterocycles. The molecule has 0 N–H and O–H groups in total. The first-order chi connectivity index (χ1) is 8.04. The van der Waals surface area contributed by atoms with Crippen LogP contribution in [0.4, 0.5) is 0 Å². The highest BCUT2D eigenvalue weighted by atomic mass is 14.3. The summed E-state index contributed by atoms with van der Waals surface area (Å²) in [6.45, 7) is 12.3. The van der Waals surface area contributed by atoms with Crippen molar-refractivity contribution < 1.29 is 0 Å². The van der Waals surface area contributed by atoms with Gasteiger partial charge in [-0.05, 0) is 36.0 Å². The van der Waals surface area contributed by atoms with Gasteiger partial charge in [0.2, 0.25) is 0 Å². The first-order valence-corrected chi connectivity index (χ1v) is 8.04. The fourth-order valence-corrected chi connectivity index (χ4v) is 3.56. The SMILES string of the molecule is CC(C)C(C)C1CCCCCCCC(C)C1C. The lowest BCUT2D eigenvalue weighted by Crippen LogP contribution is -2.28. The smallest absolute Gasteiger partial charge is 0.0358 e. The van der Waals surface area contributed by atoms with Crippen LogP contribution in [0.5, 0.6) is 0 Å². The summed E-state index contributed by atoms with van der Waals surface area (Å²) >= 11 is 0. The molecule has 0 aromatic heterocycles.